The van der Waals surface area contributed by atoms with E-state index in [0.29, 0.717) is 18.3 Å². The van der Waals surface area contributed by atoms with Crippen LogP contribution in [0.4, 0.5) is 0 Å². The van der Waals surface area contributed by atoms with Crippen molar-refractivity contribution in [2.45, 2.75) is 31.9 Å². The van der Waals surface area contributed by atoms with Gasteiger partial charge in [-0.1, -0.05) is 11.3 Å². The number of nitrogens with one attached hydrogen (secondary N) is 1. The molecule has 1 amide bonds. The number of aromatic amines is 1. The van der Waals surface area contributed by atoms with Crippen LogP contribution in [-0.4, -0.2) is 51.6 Å². The molecule has 1 aliphatic rings. The number of aromatic nitrogens is 3. The molecular weight excluding hydrogens is 408 g/mol. The lowest BCUT2D eigenvalue weighted by atomic mass is 10.1. The van der Waals surface area contributed by atoms with Crippen molar-refractivity contribution in [2.24, 2.45) is 0 Å². The van der Waals surface area contributed by atoms with Gasteiger partial charge in [-0.05, 0) is 12.1 Å². The number of methoxy groups -OCH3 is 1. The summed E-state index contributed by atoms with van der Waals surface area (Å²) in [6.07, 6.45) is 3.07. The molecule has 2 aromatic heterocycles. The van der Waals surface area contributed by atoms with E-state index in [0.717, 1.165) is 28.8 Å². The number of ether oxygens (including phenoxy) is 2. The molecule has 0 radical (unpaired) electrons. The minimum absolute atomic E-state index is 0.0123. The van der Waals surface area contributed by atoms with Crippen LogP contribution in [0.25, 0.3) is 10.2 Å². The highest BCUT2D eigenvalue weighted by molar-refractivity contribution is 7.20. The Labute approximate surface area is 175 Å². The first-order chi connectivity index (χ1) is 14.5. The van der Waals surface area contributed by atoms with Crippen LogP contribution in [0.5, 0.6) is 10.9 Å². The van der Waals surface area contributed by atoms with Crippen molar-refractivity contribution in [2.75, 3.05) is 20.2 Å². The standard InChI is InChI=1S/C20H22N4O5S/c1-28-14-2-3-16-15(12-14)21-20(30-16)29-13-4-8-23(9-5-13)18(26)7-11-24-10-6-17(25)22-19(24)27/h2-3,6,10,12-13H,4-5,7-9,11H2,1H3,(H,22,25,27). The van der Waals surface area contributed by atoms with Crippen LogP contribution in [0.2, 0.25) is 0 Å². The second kappa shape index (κ2) is 8.70. The van der Waals surface area contributed by atoms with Gasteiger partial charge in [0.1, 0.15) is 11.9 Å². The summed E-state index contributed by atoms with van der Waals surface area (Å²) in [6.45, 7) is 1.44. The van der Waals surface area contributed by atoms with Gasteiger partial charge in [0, 0.05) is 57.2 Å². The van der Waals surface area contributed by atoms with Gasteiger partial charge in [-0.15, -0.1) is 0 Å². The Balaban J connectivity index is 1.28. The maximum absolute atomic E-state index is 12.5. The number of nitrogens with zero attached hydrogens (tertiary/aromatic N) is 3. The molecule has 1 aromatic carbocycles. The first-order valence-corrected chi connectivity index (χ1v) is 10.5. The fraction of sp³-hybridized carbons (Fsp3) is 0.400. The Morgan fingerprint density at radius 3 is 2.80 bits per heavy atom. The predicted octanol–water partition coefficient (Wildman–Crippen LogP) is 1.61. The second-order valence-electron chi connectivity index (χ2n) is 7.06. The summed E-state index contributed by atoms with van der Waals surface area (Å²) in [5.41, 5.74) is -0.104. The smallest absolute Gasteiger partial charge is 0.328 e. The summed E-state index contributed by atoms with van der Waals surface area (Å²) in [5, 5.41) is 0.625. The normalized spacial score (nSPS) is 14.8. The summed E-state index contributed by atoms with van der Waals surface area (Å²) in [4.78, 5) is 43.8. The summed E-state index contributed by atoms with van der Waals surface area (Å²) < 4.78 is 13.6. The van der Waals surface area contributed by atoms with Gasteiger partial charge in [-0.2, -0.15) is 0 Å². The van der Waals surface area contributed by atoms with Gasteiger partial charge < -0.3 is 18.9 Å². The summed E-state index contributed by atoms with van der Waals surface area (Å²) in [6, 6.07) is 7.02. The maximum Gasteiger partial charge on any atom is 0.328 e. The van der Waals surface area contributed by atoms with Crippen molar-refractivity contribution < 1.29 is 14.3 Å². The SMILES string of the molecule is COc1ccc2sc(OC3CCN(C(=O)CCn4ccc(=O)[nH]c4=O)CC3)nc2c1. The Bertz CT molecular complexity index is 1160. The number of hydrogen-bond donors (Lipinski definition) is 1. The van der Waals surface area contributed by atoms with E-state index in [9.17, 15) is 14.4 Å². The van der Waals surface area contributed by atoms with E-state index in [1.54, 1.807) is 12.0 Å². The summed E-state index contributed by atoms with van der Waals surface area (Å²) >= 11 is 1.50. The Kier molecular flexibility index (Phi) is 5.84. The molecule has 1 aliphatic heterocycles. The van der Waals surface area contributed by atoms with Crippen LogP contribution < -0.4 is 20.7 Å². The van der Waals surface area contributed by atoms with E-state index < -0.39 is 11.2 Å². The van der Waals surface area contributed by atoms with Gasteiger partial charge in [0.15, 0.2) is 0 Å². The van der Waals surface area contributed by atoms with Crippen LogP contribution in [0, 0.1) is 0 Å². The van der Waals surface area contributed by atoms with Crippen LogP contribution in [0.3, 0.4) is 0 Å². The molecule has 0 spiro atoms. The zero-order chi connectivity index (χ0) is 21.1. The lowest BCUT2D eigenvalue weighted by Gasteiger charge is -2.31. The Morgan fingerprint density at radius 2 is 2.07 bits per heavy atom. The zero-order valence-electron chi connectivity index (χ0n) is 16.5. The van der Waals surface area contributed by atoms with Crippen molar-refractivity contribution in [3.8, 4) is 10.9 Å². The van der Waals surface area contributed by atoms with E-state index in [1.807, 2.05) is 18.2 Å². The molecule has 1 saturated heterocycles. The van der Waals surface area contributed by atoms with Crippen LogP contribution >= 0.6 is 11.3 Å². The van der Waals surface area contributed by atoms with Gasteiger partial charge in [-0.3, -0.25) is 14.6 Å². The number of carbonyl (C=O) groups excluding carboxylic acids is 1. The third-order valence-corrected chi connectivity index (χ3v) is 6.03. The molecule has 9 nitrogen and oxygen atoms in total. The van der Waals surface area contributed by atoms with E-state index in [1.165, 1.54) is 28.2 Å². The third-order valence-electron chi connectivity index (χ3n) is 5.10. The minimum atomic E-state index is -0.504. The topological polar surface area (TPSA) is 107 Å². The van der Waals surface area contributed by atoms with Crippen LogP contribution in [0.1, 0.15) is 19.3 Å². The lowest BCUT2D eigenvalue weighted by molar-refractivity contribution is -0.133. The highest BCUT2D eigenvalue weighted by atomic mass is 32.1. The molecule has 1 fully saturated rings. The molecule has 30 heavy (non-hydrogen) atoms. The van der Waals surface area contributed by atoms with Crippen molar-refractivity contribution >= 4 is 27.5 Å². The fourth-order valence-electron chi connectivity index (χ4n) is 3.42. The van der Waals surface area contributed by atoms with E-state index >= 15 is 0 Å². The summed E-state index contributed by atoms with van der Waals surface area (Å²) in [5.74, 6) is 0.744. The maximum atomic E-state index is 12.5. The largest absolute Gasteiger partial charge is 0.497 e. The van der Waals surface area contributed by atoms with Crippen molar-refractivity contribution in [3.05, 3.63) is 51.3 Å². The molecule has 1 N–H and O–H groups in total. The molecule has 0 saturated carbocycles. The molecule has 0 atom stereocenters. The number of thiazole rings is 1. The van der Waals surface area contributed by atoms with Crippen LogP contribution in [-0.2, 0) is 11.3 Å². The number of rotatable bonds is 6. The number of benzene rings is 1. The van der Waals surface area contributed by atoms with Gasteiger partial charge in [-0.25, -0.2) is 9.78 Å². The average molecular weight is 430 g/mol. The second-order valence-corrected chi connectivity index (χ2v) is 8.06. The molecule has 3 heterocycles. The van der Waals surface area contributed by atoms with Gasteiger partial charge >= 0.3 is 5.69 Å². The number of aryl methyl sites for hydroxylation is 1. The number of H-pyrrole nitrogens is 1. The minimum Gasteiger partial charge on any atom is -0.497 e. The van der Waals surface area contributed by atoms with Gasteiger partial charge in [0.05, 0.1) is 17.3 Å². The van der Waals surface area contributed by atoms with Crippen LogP contribution in [0.15, 0.2) is 40.1 Å². The lowest BCUT2D eigenvalue weighted by Crippen LogP contribution is -2.42. The molecule has 4 rings (SSSR count). The van der Waals surface area contributed by atoms with E-state index in [4.69, 9.17) is 9.47 Å². The number of fused-ring (bicyclic) bond motifs is 1. The molecule has 0 bridgehead atoms. The van der Waals surface area contributed by atoms with E-state index in [2.05, 4.69) is 9.97 Å². The van der Waals surface area contributed by atoms with E-state index in [-0.39, 0.29) is 25.0 Å². The molecule has 0 aliphatic carbocycles. The highest BCUT2D eigenvalue weighted by Gasteiger charge is 2.24. The van der Waals surface area contributed by atoms with Gasteiger partial charge in [0.25, 0.3) is 10.8 Å². The zero-order valence-corrected chi connectivity index (χ0v) is 17.3. The number of likely N-dealkylation sites (tertiary alicyclic amines) is 1. The monoisotopic (exact) mass is 430 g/mol. The Hall–Kier alpha value is -3.14. The number of hydrogen-bond acceptors (Lipinski definition) is 7. The fourth-order valence-corrected chi connectivity index (χ4v) is 4.29. The first-order valence-electron chi connectivity index (χ1n) is 9.70. The molecular formula is C20H22N4O5S. The number of piperidine rings is 1. The molecule has 158 valence electrons. The van der Waals surface area contributed by atoms with Crippen molar-refractivity contribution in [3.63, 3.8) is 0 Å². The highest BCUT2D eigenvalue weighted by Crippen LogP contribution is 2.31. The predicted molar refractivity (Wildman–Crippen MR) is 112 cm³/mol. The average Bonchev–Trinajstić information content (AvgIpc) is 3.14. The molecule has 0 unspecified atom stereocenters. The number of amides is 1. The quantitative estimate of drug-likeness (QED) is 0.637. The Morgan fingerprint density at radius 1 is 1.27 bits per heavy atom. The third kappa shape index (κ3) is 4.54. The number of carbonyl (C=O) groups is 1. The first kappa shape index (κ1) is 20.1. The van der Waals surface area contributed by atoms with Gasteiger partial charge in [0.2, 0.25) is 5.91 Å². The molecule has 3 aromatic rings. The van der Waals surface area contributed by atoms with Crippen molar-refractivity contribution in [1.29, 1.82) is 0 Å². The molecule has 10 heteroatoms. The van der Waals surface area contributed by atoms with Crippen molar-refractivity contribution in [1.82, 2.24) is 19.4 Å². The summed E-state index contributed by atoms with van der Waals surface area (Å²) in [7, 11) is 1.62.